The van der Waals surface area contributed by atoms with Gasteiger partial charge in [0, 0.05) is 17.0 Å². The number of hydrogen-bond donors (Lipinski definition) is 2. The number of carbonyl (C=O) groups is 1. The van der Waals surface area contributed by atoms with Gasteiger partial charge in [0.2, 0.25) is 0 Å². The van der Waals surface area contributed by atoms with Crippen molar-refractivity contribution < 1.29 is 4.79 Å². The Hall–Kier alpha value is -1.65. The first-order valence-electron chi connectivity index (χ1n) is 6.46. The second kappa shape index (κ2) is 5.15. The quantitative estimate of drug-likeness (QED) is 0.882. The van der Waals surface area contributed by atoms with Gasteiger partial charge in [-0.15, -0.1) is 11.3 Å². The van der Waals surface area contributed by atoms with Crippen LogP contribution in [0.2, 0.25) is 0 Å². The molecule has 0 fully saturated rings. The van der Waals surface area contributed by atoms with Crippen molar-refractivity contribution in [3.05, 3.63) is 57.3 Å². The molecule has 1 atom stereocenters. The van der Waals surface area contributed by atoms with Gasteiger partial charge in [-0.25, -0.2) is 0 Å². The van der Waals surface area contributed by atoms with Gasteiger partial charge in [0.15, 0.2) is 0 Å². The Labute approximate surface area is 116 Å². The van der Waals surface area contributed by atoms with Crippen LogP contribution in [0.1, 0.15) is 38.8 Å². The smallest absolute Gasteiger partial charge is 0.251 e. The molecule has 3 nitrogen and oxygen atoms in total. The van der Waals surface area contributed by atoms with Crippen LogP contribution < -0.4 is 11.1 Å². The van der Waals surface area contributed by atoms with Crippen LogP contribution in [0.15, 0.2) is 35.7 Å². The number of thiophene rings is 1. The maximum atomic E-state index is 12.0. The Bertz CT molecular complexity index is 592. The van der Waals surface area contributed by atoms with E-state index in [9.17, 15) is 4.79 Å². The lowest BCUT2D eigenvalue weighted by Gasteiger charge is -2.13. The number of nitrogens with one attached hydrogen (secondary N) is 1. The third-order valence-electron chi connectivity index (χ3n) is 3.50. The largest absolute Gasteiger partial charge is 0.352 e. The molecule has 0 radical (unpaired) electrons. The molecule has 0 saturated heterocycles. The molecule has 3 rings (SSSR count). The predicted octanol–water partition coefficient (Wildman–Crippen LogP) is 2.47. The number of hydrogen-bond acceptors (Lipinski definition) is 3. The molecule has 0 spiro atoms. The molecule has 1 aliphatic heterocycles. The van der Waals surface area contributed by atoms with Gasteiger partial charge in [0.1, 0.15) is 0 Å². The van der Waals surface area contributed by atoms with E-state index in [1.54, 1.807) is 11.3 Å². The summed E-state index contributed by atoms with van der Waals surface area (Å²) in [6.07, 6.45) is 1.94. The van der Waals surface area contributed by atoms with Gasteiger partial charge in [-0.2, -0.15) is 0 Å². The van der Waals surface area contributed by atoms with Gasteiger partial charge < -0.3 is 11.1 Å². The van der Waals surface area contributed by atoms with Gasteiger partial charge in [-0.1, -0.05) is 18.2 Å². The maximum absolute atomic E-state index is 12.0. The van der Waals surface area contributed by atoms with Crippen LogP contribution in [0.25, 0.3) is 0 Å². The zero-order chi connectivity index (χ0) is 13.2. The molecule has 1 aliphatic rings. The summed E-state index contributed by atoms with van der Waals surface area (Å²) in [6.45, 7) is 0.750. The zero-order valence-electron chi connectivity index (χ0n) is 10.6. The number of nitrogens with two attached hydrogens (primary N) is 1. The predicted molar refractivity (Wildman–Crippen MR) is 77.4 cm³/mol. The Morgan fingerprint density at radius 1 is 1.32 bits per heavy atom. The molecule has 19 heavy (non-hydrogen) atoms. The lowest BCUT2D eigenvalue weighted by molar-refractivity contribution is 0.0956. The molecule has 98 valence electrons. The van der Waals surface area contributed by atoms with Gasteiger partial charge in [-0.3, -0.25) is 4.79 Å². The fraction of sp³-hybridized carbons (Fsp3) is 0.267. The van der Waals surface area contributed by atoms with Crippen molar-refractivity contribution in [1.82, 2.24) is 5.32 Å². The normalized spacial score (nSPS) is 16.4. The molecular formula is C15H16N2OS. The fourth-order valence-electron chi connectivity index (χ4n) is 2.43. The summed E-state index contributed by atoms with van der Waals surface area (Å²) in [5.74, 6) is 0.0210. The van der Waals surface area contributed by atoms with E-state index in [0.717, 1.165) is 41.0 Å². The third-order valence-corrected chi connectivity index (χ3v) is 4.45. The number of aryl methyl sites for hydroxylation is 1. The first-order chi connectivity index (χ1) is 9.25. The number of rotatable bonds is 2. The summed E-state index contributed by atoms with van der Waals surface area (Å²) in [4.78, 5) is 13.1. The highest BCUT2D eigenvalue weighted by Crippen LogP contribution is 2.26. The van der Waals surface area contributed by atoms with Gasteiger partial charge >= 0.3 is 0 Å². The SMILES string of the molecule is NC(c1ccc2c(c1)C(=O)NCCC2)c1cccs1. The highest BCUT2D eigenvalue weighted by Gasteiger charge is 2.18. The van der Waals surface area contributed by atoms with E-state index in [1.165, 1.54) is 0 Å². The Kier molecular flexibility index (Phi) is 3.36. The number of benzene rings is 1. The summed E-state index contributed by atoms with van der Waals surface area (Å²) in [5, 5.41) is 4.94. The van der Waals surface area contributed by atoms with Gasteiger partial charge in [-0.05, 0) is 41.5 Å². The van der Waals surface area contributed by atoms with E-state index in [1.807, 2.05) is 35.7 Å². The van der Waals surface area contributed by atoms with E-state index >= 15 is 0 Å². The maximum Gasteiger partial charge on any atom is 0.251 e. The van der Waals surface area contributed by atoms with E-state index in [2.05, 4.69) is 5.32 Å². The Balaban J connectivity index is 1.98. The molecule has 2 aromatic rings. The van der Waals surface area contributed by atoms with E-state index in [-0.39, 0.29) is 11.9 Å². The molecule has 1 amide bonds. The summed E-state index contributed by atoms with van der Waals surface area (Å²) < 4.78 is 0. The van der Waals surface area contributed by atoms with Crippen LogP contribution in [-0.4, -0.2) is 12.5 Å². The molecular weight excluding hydrogens is 256 g/mol. The van der Waals surface area contributed by atoms with Crippen molar-refractivity contribution in [2.45, 2.75) is 18.9 Å². The summed E-state index contributed by atoms with van der Waals surface area (Å²) in [5.41, 5.74) is 9.16. The van der Waals surface area contributed by atoms with Crippen molar-refractivity contribution in [1.29, 1.82) is 0 Å². The highest BCUT2D eigenvalue weighted by atomic mass is 32.1. The van der Waals surface area contributed by atoms with Gasteiger partial charge in [0.05, 0.1) is 6.04 Å². The minimum atomic E-state index is -0.152. The van der Waals surface area contributed by atoms with Crippen LogP contribution in [0.3, 0.4) is 0 Å². The topological polar surface area (TPSA) is 55.1 Å². The first-order valence-corrected chi connectivity index (χ1v) is 7.33. The van der Waals surface area contributed by atoms with Crippen LogP contribution in [0.5, 0.6) is 0 Å². The summed E-state index contributed by atoms with van der Waals surface area (Å²) >= 11 is 1.64. The Morgan fingerprint density at radius 3 is 3.00 bits per heavy atom. The van der Waals surface area contributed by atoms with E-state index in [0.29, 0.717) is 0 Å². The second-order valence-electron chi connectivity index (χ2n) is 4.77. The summed E-state index contributed by atoms with van der Waals surface area (Å²) in [7, 11) is 0. The van der Waals surface area contributed by atoms with Crippen LogP contribution >= 0.6 is 11.3 Å². The molecule has 3 N–H and O–H groups in total. The minimum Gasteiger partial charge on any atom is -0.352 e. The highest BCUT2D eigenvalue weighted by molar-refractivity contribution is 7.10. The van der Waals surface area contributed by atoms with E-state index < -0.39 is 0 Å². The lowest BCUT2D eigenvalue weighted by Crippen LogP contribution is -2.23. The standard InChI is InChI=1S/C15H16N2OS/c16-14(13-4-2-8-19-13)11-6-5-10-3-1-7-17-15(18)12(10)9-11/h2,4-6,8-9,14H,1,3,7,16H2,(H,17,18). The Morgan fingerprint density at radius 2 is 2.21 bits per heavy atom. The summed E-state index contributed by atoms with van der Waals surface area (Å²) in [6, 6.07) is 9.91. The molecule has 0 bridgehead atoms. The lowest BCUT2D eigenvalue weighted by atomic mass is 9.97. The molecule has 0 aliphatic carbocycles. The minimum absolute atomic E-state index is 0.0210. The average Bonchev–Trinajstić information content (AvgIpc) is 2.90. The van der Waals surface area contributed by atoms with Crippen molar-refractivity contribution in [3.63, 3.8) is 0 Å². The second-order valence-corrected chi connectivity index (χ2v) is 5.75. The number of amides is 1. The molecule has 4 heteroatoms. The van der Waals surface area contributed by atoms with Crippen molar-refractivity contribution in [2.75, 3.05) is 6.54 Å². The first kappa shape index (κ1) is 12.4. The average molecular weight is 272 g/mol. The van der Waals surface area contributed by atoms with Crippen molar-refractivity contribution in [3.8, 4) is 0 Å². The molecule has 1 unspecified atom stereocenters. The molecule has 1 aromatic heterocycles. The van der Waals surface area contributed by atoms with Crippen LogP contribution in [0.4, 0.5) is 0 Å². The molecule has 0 saturated carbocycles. The van der Waals surface area contributed by atoms with Crippen LogP contribution in [-0.2, 0) is 6.42 Å². The fourth-order valence-corrected chi connectivity index (χ4v) is 3.18. The molecule has 2 heterocycles. The molecule has 1 aromatic carbocycles. The third kappa shape index (κ3) is 2.41. The number of carbonyl (C=O) groups excluding carboxylic acids is 1. The number of fused-ring (bicyclic) bond motifs is 1. The van der Waals surface area contributed by atoms with Crippen molar-refractivity contribution >= 4 is 17.2 Å². The van der Waals surface area contributed by atoms with E-state index in [4.69, 9.17) is 5.73 Å². The van der Waals surface area contributed by atoms with Crippen molar-refractivity contribution in [2.24, 2.45) is 5.73 Å². The monoisotopic (exact) mass is 272 g/mol. The van der Waals surface area contributed by atoms with Crippen LogP contribution in [0, 0.1) is 0 Å². The zero-order valence-corrected chi connectivity index (χ0v) is 11.4. The van der Waals surface area contributed by atoms with Gasteiger partial charge in [0.25, 0.3) is 5.91 Å².